The third kappa shape index (κ3) is 4.43. The van der Waals surface area contributed by atoms with E-state index in [4.69, 9.17) is 18.9 Å². The average molecular weight is 403 g/mol. The van der Waals surface area contributed by atoms with Crippen LogP contribution in [0.1, 0.15) is 24.3 Å². The largest absolute Gasteiger partial charge is 0.387 e. The molecule has 2 heterocycles. The molecule has 0 aliphatic carbocycles. The molecular weight excluding hydrogens is 376 g/mol. The van der Waals surface area contributed by atoms with Gasteiger partial charge >= 0.3 is 0 Å². The molecule has 0 spiro atoms. The van der Waals surface area contributed by atoms with Gasteiger partial charge < -0.3 is 24.1 Å². The molecule has 0 amide bonds. The molecule has 5 nitrogen and oxygen atoms in total. The van der Waals surface area contributed by atoms with Crippen LogP contribution in [0.3, 0.4) is 0 Å². The van der Waals surface area contributed by atoms with Gasteiger partial charge in [0, 0.05) is 5.56 Å². The smallest absolute Gasteiger partial charge is 0.184 e. The molecule has 2 fully saturated rings. The van der Waals surface area contributed by atoms with E-state index in [1.807, 2.05) is 67.6 Å². The third-order valence-electron chi connectivity index (χ3n) is 5.00. The highest BCUT2D eigenvalue weighted by Crippen LogP contribution is 2.38. The van der Waals surface area contributed by atoms with Gasteiger partial charge in [-0.1, -0.05) is 67.6 Å². The van der Waals surface area contributed by atoms with Gasteiger partial charge in [0.15, 0.2) is 6.29 Å². The molecule has 2 aliphatic rings. The number of aliphatic hydroxyl groups is 1. The molecule has 2 aliphatic heterocycles. The molecule has 150 valence electrons. The first-order valence-electron chi connectivity index (χ1n) is 9.69. The van der Waals surface area contributed by atoms with E-state index in [2.05, 4.69) is 0 Å². The normalized spacial score (nSPS) is 32.6. The minimum absolute atomic E-state index is 0.270. The van der Waals surface area contributed by atoms with Crippen molar-refractivity contribution in [2.75, 3.05) is 12.4 Å². The Hall–Kier alpha value is -1.41. The van der Waals surface area contributed by atoms with Gasteiger partial charge in [-0.2, -0.15) is 0 Å². The van der Waals surface area contributed by atoms with Gasteiger partial charge in [0.05, 0.1) is 13.2 Å². The van der Waals surface area contributed by atoms with Crippen molar-refractivity contribution in [3.63, 3.8) is 0 Å². The molecule has 0 radical (unpaired) electrons. The van der Waals surface area contributed by atoms with Crippen LogP contribution in [0.25, 0.3) is 0 Å². The maximum atomic E-state index is 10.9. The van der Waals surface area contributed by atoms with Crippen LogP contribution in [-0.4, -0.2) is 47.3 Å². The van der Waals surface area contributed by atoms with Gasteiger partial charge in [-0.15, -0.1) is 11.8 Å². The van der Waals surface area contributed by atoms with Crippen LogP contribution >= 0.6 is 11.8 Å². The van der Waals surface area contributed by atoms with Gasteiger partial charge in [-0.3, -0.25) is 0 Å². The topological polar surface area (TPSA) is 57.2 Å². The third-order valence-corrected chi connectivity index (χ3v) is 6.05. The molecular formula is C22H26O5S. The van der Waals surface area contributed by atoms with Crippen molar-refractivity contribution in [2.45, 2.75) is 49.7 Å². The fraction of sp³-hybridized carbons (Fsp3) is 0.455. The molecule has 2 aromatic carbocycles. The first kappa shape index (κ1) is 19.9. The summed E-state index contributed by atoms with van der Waals surface area (Å²) in [4.78, 5) is 0. The predicted molar refractivity (Wildman–Crippen MR) is 108 cm³/mol. The van der Waals surface area contributed by atoms with Crippen molar-refractivity contribution >= 4 is 11.8 Å². The molecule has 0 bridgehead atoms. The van der Waals surface area contributed by atoms with E-state index in [9.17, 15) is 5.11 Å². The molecule has 0 aromatic heterocycles. The van der Waals surface area contributed by atoms with Crippen LogP contribution in [0.2, 0.25) is 0 Å². The summed E-state index contributed by atoms with van der Waals surface area (Å²) in [6.07, 6.45) is -2.42. The standard InChI is InChI=1S/C22H26O5S/c1-2-28-22-18(23)20(24-13-15-9-5-3-6-10-15)19-17(26-22)14-25-21(27-19)16-11-7-4-8-12-16/h3-12,17-23H,2,13-14H2,1H3/t17-,18+,19-,20-,21?,22?/m1/s1. The van der Waals surface area contributed by atoms with Crippen LogP contribution < -0.4 is 0 Å². The molecule has 28 heavy (non-hydrogen) atoms. The highest BCUT2D eigenvalue weighted by molar-refractivity contribution is 7.99. The van der Waals surface area contributed by atoms with Crippen molar-refractivity contribution in [3.8, 4) is 0 Å². The summed E-state index contributed by atoms with van der Waals surface area (Å²) in [5, 5.41) is 10.9. The lowest BCUT2D eigenvalue weighted by molar-refractivity contribution is -0.325. The second kappa shape index (κ2) is 9.39. The molecule has 2 saturated heterocycles. The number of aliphatic hydroxyl groups excluding tert-OH is 1. The summed E-state index contributed by atoms with van der Waals surface area (Å²) in [7, 11) is 0. The second-order valence-corrected chi connectivity index (χ2v) is 8.30. The quantitative estimate of drug-likeness (QED) is 0.798. The number of rotatable bonds is 6. The van der Waals surface area contributed by atoms with Gasteiger partial charge in [-0.25, -0.2) is 0 Å². The Labute approximate surface area is 169 Å². The molecule has 4 rings (SSSR count). The molecule has 1 N–H and O–H groups in total. The Morgan fingerprint density at radius 3 is 2.46 bits per heavy atom. The molecule has 2 aromatic rings. The highest BCUT2D eigenvalue weighted by Gasteiger charge is 2.50. The number of hydrogen-bond donors (Lipinski definition) is 1. The zero-order valence-electron chi connectivity index (χ0n) is 15.8. The fourth-order valence-corrected chi connectivity index (χ4v) is 4.50. The number of thioether (sulfide) groups is 1. The van der Waals surface area contributed by atoms with Gasteiger partial charge in [0.1, 0.15) is 29.9 Å². The minimum Gasteiger partial charge on any atom is -0.387 e. The van der Waals surface area contributed by atoms with E-state index in [1.165, 1.54) is 0 Å². The Morgan fingerprint density at radius 2 is 1.75 bits per heavy atom. The molecule has 6 atom stereocenters. The van der Waals surface area contributed by atoms with Gasteiger partial charge in [-0.05, 0) is 11.3 Å². The Morgan fingerprint density at radius 1 is 1.04 bits per heavy atom. The van der Waals surface area contributed by atoms with Crippen LogP contribution in [-0.2, 0) is 25.6 Å². The zero-order chi connectivity index (χ0) is 19.3. The van der Waals surface area contributed by atoms with Crippen molar-refractivity contribution in [1.82, 2.24) is 0 Å². The zero-order valence-corrected chi connectivity index (χ0v) is 16.7. The van der Waals surface area contributed by atoms with Crippen molar-refractivity contribution in [2.24, 2.45) is 0 Å². The number of hydrogen-bond acceptors (Lipinski definition) is 6. The first-order valence-corrected chi connectivity index (χ1v) is 10.7. The maximum Gasteiger partial charge on any atom is 0.184 e. The monoisotopic (exact) mass is 402 g/mol. The van der Waals surface area contributed by atoms with E-state index >= 15 is 0 Å². The van der Waals surface area contributed by atoms with Gasteiger partial charge in [0.25, 0.3) is 0 Å². The Balaban J connectivity index is 1.52. The Kier molecular flexibility index (Phi) is 6.67. The molecule has 6 heteroatoms. The second-order valence-electron chi connectivity index (χ2n) is 6.93. The number of benzene rings is 2. The van der Waals surface area contributed by atoms with Gasteiger partial charge in [0.2, 0.25) is 0 Å². The number of fused-ring (bicyclic) bond motifs is 1. The summed E-state index contributed by atoms with van der Waals surface area (Å²) >= 11 is 1.58. The van der Waals surface area contributed by atoms with Crippen molar-refractivity contribution < 1.29 is 24.1 Å². The van der Waals surface area contributed by atoms with Crippen molar-refractivity contribution in [3.05, 3.63) is 71.8 Å². The lowest BCUT2D eigenvalue weighted by Crippen LogP contribution is -2.61. The predicted octanol–water partition coefficient (Wildman–Crippen LogP) is 3.52. The summed E-state index contributed by atoms with van der Waals surface area (Å²) < 4.78 is 24.4. The summed E-state index contributed by atoms with van der Waals surface area (Å²) in [6.45, 7) is 2.87. The molecule has 2 unspecified atom stereocenters. The van der Waals surface area contributed by atoms with E-state index in [1.54, 1.807) is 11.8 Å². The number of ether oxygens (including phenoxy) is 4. The van der Waals surface area contributed by atoms with Crippen molar-refractivity contribution in [1.29, 1.82) is 0 Å². The van der Waals surface area contributed by atoms with E-state index < -0.39 is 24.6 Å². The van der Waals surface area contributed by atoms with Crippen LogP contribution in [0.4, 0.5) is 0 Å². The summed E-state index contributed by atoms with van der Waals surface area (Å²) in [5.74, 6) is 0.846. The van der Waals surface area contributed by atoms with Crippen LogP contribution in [0.5, 0.6) is 0 Å². The highest BCUT2D eigenvalue weighted by atomic mass is 32.2. The SMILES string of the molecule is CCSC1O[C@@H]2COC(c3ccccc3)O[C@H]2[C@H](OCc2ccccc2)[C@@H]1O. The minimum atomic E-state index is -0.774. The van der Waals surface area contributed by atoms with E-state index in [0.29, 0.717) is 13.2 Å². The lowest BCUT2D eigenvalue weighted by Gasteiger charge is -2.47. The van der Waals surface area contributed by atoms with E-state index in [0.717, 1.165) is 16.9 Å². The van der Waals surface area contributed by atoms with E-state index in [-0.39, 0.29) is 11.5 Å². The molecule has 0 saturated carbocycles. The lowest BCUT2D eigenvalue weighted by atomic mass is 9.98. The average Bonchev–Trinajstić information content (AvgIpc) is 2.75. The summed E-state index contributed by atoms with van der Waals surface area (Å²) in [5.41, 5.74) is 1.65. The first-order chi connectivity index (χ1) is 13.8. The Bertz CT molecular complexity index is 728. The van der Waals surface area contributed by atoms with Crippen LogP contribution in [0.15, 0.2) is 60.7 Å². The summed E-state index contributed by atoms with van der Waals surface area (Å²) in [6, 6.07) is 19.8. The fourth-order valence-electron chi connectivity index (χ4n) is 3.60. The van der Waals surface area contributed by atoms with Crippen LogP contribution in [0, 0.1) is 0 Å². The maximum absolute atomic E-state index is 10.9.